The van der Waals surface area contributed by atoms with E-state index in [1.165, 1.54) is 31.5 Å². The van der Waals surface area contributed by atoms with E-state index in [9.17, 15) is 27.7 Å². The molecule has 0 spiro atoms. The molecule has 0 saturated heterocycles. The third-order valence-corrected chi connectivity index (χ3v) is 6.17. The number of nitro groups is 1. The molecule has 0 aliphatic carbocycles. The zero-order chi connectivity index (χ0) is 29.1. The summed E-state index contributed by atoms with van der Waals surface area (Å²) in [5.41, 5.74) is -1.35. The van der Waals surface area contributed by atoms with Crippen molar-refractivity contribution < 1.29 is 32.0 Å². The number of methoxy groups -OCH3 is 1. The highest BCUT2D eigenvalue weighted by atomic mass is 35.5. The first kappa shape index (κ1) is 29.3. The highest BCUT2D eigenvalue weighted by Crippen LogP contribution is 2.35. The van der Waals surface area contributed by atoms with Gasteiger partial charge in [0, 0.05) is 24.1 Å². The van der Waals surface area contributed by atoms with Crippen molar-refractivity contribution >= 4 is 62.0 Å². The monoisotopic (exact) mass is 582 g/mol. The Kier molecular flexibility index (Phi) is 8.45. The van der Waals surface area contributed by atoms with E-state index in [0.29, 0.717) is 0 Å². The minimum atomic E-state index is -3.75. The molecule has 0 atom stereocenters. The lowest BCUT2D eigenvalue weighted by Crippen LogP contribution is -2.27. The lowest BCUT2D eigenvalue weighted by molar-refractivity contribution is -0.387. The number of halogens is 2. The van der Waals surface area contributed by atoms with E-state index in [2.05, 4.69) is 25.9 Å². The molecule has 0 aliphatic heterocycles. The molecule has 0 fully saturated rings. The van der Waals surface area contributed by atoms with Gasteiger partial charge in [-0.2, -0.15) is 9.37 Å². The normalized spacial score (nSPS) is 11.5. The fourth-order valence-corrected chi connectivity index (χ4v) is 4.13. The Bertz CT molecular complexity index is 1550. The smallest absolute Gasteiger partial charge is 0.412 e. The number of carbonyl (C=O) groups excluding carboxylic acids is 1. The van der Waals surface area contributed by atoms with E-state index in [4.69, 9.17) is 21.1 Å². The summed E-state index contributed by atoms with van der Waals surface area (Å²) in [5.74, 6) is -1.35. The molecule has 1 aromatic heterocycles. The summed E-state index contributed by atoms with van der Waals surface area (Å²) in [7, 11) is -2.51. The highest BCUT2D eigenvalue weighted by molar-refractivity contribution is 7.90. The van der Waals surface area contributed by atoms with Crippen molar-refractivity contribution in [2.24, 2.45) is 0 Å². The van der Waals surface area contributed by atoms with Crippen LogP contribution in [0.25, 0.3) is 0 Å². The zero-order valence-corrected chi connectivity index (χ0v) is 22.9. The van der Waals surface area contributed by atoms with E-state index >= 15 is 0 Å². The van der Waals surface area contributed by atoms with Crippen molar-refractivity contribution in [3.63, 3.8) is 0 Å². The lowest BCUT2D eigenvalue weighted by atomic mass is 10.2. The van der Waals surface area contributed by atoms with E-state index in [0.717, 1.165) is 18.4 Å². The maximum atomic E-state index is 14.0. The number of nitro benzene ring substituents is 1. The van der Waals surface area contributed by atoms with Crippen LogP contribution in [-0.2, 0) is 14.6 Å². The average molecular weight is 583 g/mol. The number of sulfone groups is 1. The van der Waals surface area contributed by atoms with Gasteiger partial charge in [0.15, 0.2) is 15.7 Å². The molecule has 0 saturated carbocycles. The summed E-state index contributed by atoms with van der Waals surface area (Å²) >= 11 is 6.24. The van der Waals surface area contributed by atoms with Crippen molar-refractivity contribution in [3.05, 3.63) is 57.5 Å². The predicted molar refractivity (Wildman–Crippen MR) is 143 cm³/mol. The van der Waals surface area contributed by atoms with Crippen LogP contribution >= 0.6 is 11.6 Å². The summed E-state index contributed by atoms with van der Waals surface area (Å²) in [6, 6.07) is 5.75. The van der Waals surface area contributed by atoms with Gasteiger partial charge < -0.3 is 20.1 Å². The number of ether oxygens (including phenoxy) is 2. The Morgan fingerprint density at radius 1 is 1.15 bits per heavy atom. The molecule has 0 bridgehead atoms. The second kappa shape index (κ2) is 11.2. The molecule has 3 N–H and O–H groups in total. The van der Waals surface area contributed by atoms with Gasteiger partial charge in [-0.1, -0.05) is 11.6 Å². The zero-order valence-electron chi connectivity index (χ0n) is 21.3. The summed E-state index contributed by atoms with van der Waals surface area (Å²) < 4.78 is 49.1. The van der Waals surface area contributed by atoms with Crippen molar-refractivity contribution in [2.75, 3.05) is 29.3 Å². The molecule has 13 nitrogen and oxygen atoms in total. The fraction of sp³-hybridized carbons (Fsp3) is 0.261. The van der Waals surface area contributed by atoms with Crippen molar-refractivity contribution in [1.29, 1.82) is 0 Å². The van der Waals surface area contributed by atoms with Crippen LogP contribution in [-0.4, -0.2) is 48.4 Å². The number of amides is 1. The Balaban J connectivity index is 1.98. The van der Waals surface area contributed by atoms with Gasteiger partial charge in [0.25, 0.3) is 0 Å². The Hall–Kier alpha value is -4.24. The Morgan fingerprint density at radius 2 is 1.85 bits per heavy atom. The lowest BCUT2D eigenvalue weighted by Gasteiger charge is -2.20. The van der Waals surface area contributed by atoms with Gasteiger partial charge >= 0.3 is 11.8 Å². The van der Waals surface area contributed by atoms with Gasteiger partial charge in [0.2, 0.25) is 11.8 Å². The van der Waals surface area contributed by atoms with Crippen LogP contribution in [0.1, 0.15) is 20.8 Å². The second-order valence-electron chi connectivity index (χ2n) is 9.01. The molecule has 0 aliphatic rings. The molecule has 1 heterocycles. The molecule has 208 valence electrons. The maximum absolute atomic E-state index is 14.0. The van der Waals surface area contributed by atoms with E-state index in [1.54, 1.807) is 20.8 Å². The maximum Gasteiger partial charge on any atom is 0.412 e. The minimum absolute atomic E-state index is 0.0115. The molecule has 16 heteroatoms. The van der Waals surface area contributed by atoms with Crippen molar-refractivity contribution in [1.82, 2.24) is 9.97 Å². The van der Waals surface area contributed by atoms with Crippen molar-refractivity contribution in [2.45, 2.75) is 31.3 Å². The number of hydrogen-bond donors (Lipinski definition) is 3. The van der Waals surface area contributed by atoms with Gasteiger partial charge in [-0.3, -0.25) is 15.4 Å². The molecule has 0 radical (unpaired) electrons. The summed E-state index contributed by atoms with van der Waals surface area (Å²) in [4.78, 5) is 30.5. The number of hydrogen-bond acceptors (Lipinski definition) is 11. The van der Waals surface area contributed by atoms with Crippen LogP contribution in [0, 0.1) is 15.9 Å². The second-order valence-corrected chi connectivity index (χ2v) is 11.4. The standard InChI is InChI=1S/C23H24ClFN6O7S/c1-23(2,3)38-22(32)27-12-6-7-19(39(5,35)36)16(8-12)28-20-13(24)11-26-21(30-20)29-15-10-17(31(33)34)14(25)9-18(15)37-4/h6-11H,1-5H3,(H,27,32)(H2,26,28,29,30). The first-order valence-corrected chi connectivity index (χ1v) is 13.3. The molecule has 0 unspecified atom stereocenters. The largest absolute Gasteiger partial charge is 0.494 e. The number of nitrogens with zero attached hydrogens (tertiary/aromatic N) is 3. The highest BCUT2D eigenvalue weighted by Gasteiger charge is 2.22. The minimum Gasteiger partial charge on any atom is -0.494 e. The van der Waals surface area contributed by atoms with E-state index in [1.807, 2.05) is 0 Å². The number of aromatic nitrogens is 2. The SMILES string of the molecule is COc1cc(F)c([N+](=O)[O-])cc1Nc1ncc(Cl)c(Nc2cc(NC(=O)OC(C)(C)C)ccc2S(C)(=O)=O)n1. The Labute approximate surface area is 227 Å². The first-order chi connectivity index (χ1) is 18.1. The molecular weight excluding hydrogens is 559 g/mol. The number of rotatable bonds is 8. The van der Waals surface area contributed by atoms with Gasteiger partial charge in [-0.05, 0) is 39.0 Å². The molecule has 3 rings (SSSR count). The van der Waals surface area contributed by atoms with E-state index in [-0.39, 0.29) is 44.5 Å². The van der Waals surface area contributed by atoms with Crippen molar-refractivity contribution in [3.8, 4) is 5.75 Å². The topological polar surface area (TPSA) is 175 Å². The molecular formula is C23H24ClFN6O7S. The summed E-state index contributed by atoms with van der Waals surface area (Å²) in [6.45, 7) is 5.07. The van der Waals surface area contributed by atoms with Gasteiger partial charge in [-0.25, -0.2) is 18.2 Å². The summed E-state index contributed by atoms with van der Waals surface area (Å²) in [5, 5.41) is 19.2. The Morgan fingerprint density at radius 3 is 2.44 bits per heavy atom. The van der Waals surface area contributed by atoms with Gasteiger partial charge in [-0.15, -0.1) is 0 Å². The van der Waals surface area contributed by atoms with Gasteiger partial charge in [0.1, 0.15) is 16.4 Å². The van der Waals surface area contributed by atoms with Crippen LogP contribution in [0.5, 0.6) is 5.75 Å². The van der Waals surface area contributed by atoms with Gasteiger partial charge in [0.05, 0.1) is 34.5 Å². The predicted octanol–water partition coefficient (Wildman–Crippen LogP) is 5.42. The number of anilines is 5. The number of nitrogens with one attached hydrogen (secondary N) is 3. The quantitative estimate of drug-likeness (QED) is 0.228. The molecule has 1 amide bonds. The van der Waals surface area contributed by atoms with Crippen LogP contribution < -0.4 is 20.7 Å². The first-order valence-electron chi connectivity index (χ1n) is 11.0. The number of benzene rings is 2. The average Bonchev–Trinajstić information content (AvgIpc) is 2.80. The fourth-order valence-electron chi connectivity index (χ4n) is 3.16. The molecule has 2 aromatic carbocycles. The van der Waals surface area contributed by atoms with E-state index < -0.39 is 38.0 Å². The number of carbonyl (C=O) groups is 1. The summed E-state index contributed by atoms with van der Waals surface area (Å²) in [6.07, 6.45) is 1.43. The van der Waals surface area contributed by atoms with Crippen LogP contribution in [0.3, 0.4) is 0 Å². The molecule has 3 aromatic rings. The van der Waals surface area contributed by atoms with Crippen LogP contribution in [0.15, 0.2) is 41.4 Å². The third-order valence-electron chi connectivity index (χ3n) is 4.73. The van der Waals surface area contributed by atoms with Crippen LogP contribution in [0.4, 0.5) is 43.7 Å². The molecule has 39 heavy (non-hydrogen) atoms. The third kappa shape index (κ3) is 7.64. The van der Waals surface area contributed by atoms with Crippen LogP contribution in [0.2, 0.25) is 5.02 Å².